The number of aryl methyl sites for hydroxylation is 2. The van der Waals surface area contributed by atoms with Crippen LogP contribution in [0.15, 0.2) is 23.1 Å². The Bertz CT molecular complexity index is 460. The first-order chi connectivity index (χ1) is 8.99. The molecule has 2 N–H and O–H groups in total. The van der Waals surface area contributed by atoms with Crippen molar-refractivity contribution < 1.29 is 14.7 Å². The Kier molecular flexibility index (Phi) is 6.42. The summed E-state index contributed by atoms with van der Waals surface area (Å²) in [6.45, 7) is 3.84. The Balaban J connectivity index is 2.23. The number of nitrogens with one attached hydrogen (secondary N) is 1. The summed E-state index contributed by atoms with van der Waals surface area (Å²) in [6.07, 6.45) is 1.11. The van der Waals surface area contributed by atoms with Crippen LogP contribution in [0.1, 0.15) is 24.0 Å². The van der Waals surface area contributed by atoms with Gasteiger partial charge in [0.15, 0.2) is 0 Å². The van der Waals surface area contributed by atoms with Gasteiger partial charge < -0.3 is 10.4 Å². The number of aliphatic carboxylic acids is 1. The third-order valence-corrected chi connectivity index (χ3v) is 3.83. The molecule has 0 bridgehead atoms. The molecule has 0 aliphatic rings. The molecule has 0 aliphatic heterocycles. The topological polar surface area (TPSA) is 66.4 Å². The number of carbonyl (C=O) groups excluding carboxylic acids is 1. The zero-order chi connectivity index (χ0) is 14.3. The second kappa shape index (κ2) is 7.84. The standard InChI is InChI=1S/C14H19NO3S/c1-10-5-6-12(11(2)8-10)19-7-3-4-13(16)15-9-14(17)18/h5-6,8H,3-4,7,9H2,1-2H3,(H,15,16)(H,17,18). The van der Waals surface area contributed by atoms with Crippen molar-refractivity contribution in [3.8, 4) is 0 Å². The maximum absolute atomic E-state index is 11.3. The van der Waals surface area contributed by atoms with E-state index in [0.29, 0.717) is 6.42 Å². The van der Waals surface area contributed by atoms with Crippen LogP contribution < -0.4 is 5.32 Å². The van der Waals surface area contributed by atoms with Crippen LogP contribution in [0, 0.1) is 13.8 Å². The van der Waals surface area contributed by atoms with Gasteiger partial charge in [-0.1, -0.05) is 17.7 Å². The van der Waals surface area contributed by atoms with E-state index in [1.54, 1.807) is 11.8 Å². The van der Waals surface area contributed by atoms with E-state index in [4.69, 9.17) is 5.11 Å². The average Bonchev–Trinajstić information content (AvgIpc) is 2.34. The first kappa shape index (κ1) is 15.6. The summed E-state index contributed by atoms with van der Waals surface area (Å²) in [5.74, 6) is -0.369. The summed E-state index contributed by atoms with van der Waals surface area (Å²) < 4.78 is 0. The summed E-state index contributed by atoms with van der Waals surface area (Å²) in [5.41, 5.74) is 2.50. The largest absolute Gasteiger partial charge is 0.480 e. The van der Waals surface area contributed by atoms with Crippen molar-refractivity contribution in [1.29, 1.82) is 0 Å². The first-order valence-corrected chi connectivity index (χ1v) is 7.16. The van der Waals surface area contributed by atoms with Crippen molar-refractivity contribution in [3.05, 3.63) is 29.3 Å². The van der Waals surface area contributed by atoms with Crippen LogP contribution in [-0.2, 0) is 9.59 Å². The van der Waals surface area contributed by atoms with E-state index in [1.807, 2.05) is 0 Å². The zero-order valence-corrected chi connectivity index (χ0v) is 12.0. The van der Waals surface area contributed by atoms with Gasteiger partial charge in [-0.3, -0.25) is 9.59 Å². The molecule has 0 unspecified atom stereocenters. The Labute approximate surface area is 117 Å². The summed E-state index contributed by atoms with van der Waals surface area (Å²) in [5, 5.41) is 10.8. The highest BCUT2D eigenvalue weighted by molar-refractivity contribution is 7.99. The highest BCUT2D eigenvalue weighted by atomic mass is 32.2. The van der Waals surface area contributed by atoms with Crippen molar-refractivity contribution in [2.75, 3.05) is 12.3 Å². The molecule has 0 atom stereocenters. The molecular weight excluding hydrogens is 262 g/mol. The molecule has 1 amide bonds. The van der Waals surface area contributed by atoms with Gasteiger partial charge in [0.2, 0.25) is 5.91 Å². The number of rotatable bonds is 7. The molecule has 0 spiro atoms. The molecule has 104 valence electrons. The maximum atomic E-state index is 11.3. The van der Waals surface area contributed by atoms with Crippen LogP contribution in [0.25, 0.3) is 0 Å². The molecule has 19 heavy (non-hydrogen) atoms. The lowest BCUT2D eigenvalue weighted by molar-refractivity contribution is -0.137. The van der Waals surface area contributed by atoms with Crippen molar-refractivity contribution in [2.45, 2.75) is 31.6 Å². The minimum atomic E-state index is -1.02. The summed E-state index contributed by atoms with van der Waals surface area (Å²) in [4.78, 5) is 22.8. The molecule has 1 aromatic carbocycles. The molecule has 0 saturated heterocycles. The maximum Gasteiger partial charge on any atom is 0.322 e. The Morgan fingerprint density at radius 2 is 2.05 bits per heavy atom. The second-order valence-electron chi connectivity index (χ2n) is 4.39. The summed E-state index contributed by atoms with van der Waals surface area (Å²) in [6, 6.07) is 6.32. The first-order valence-electron chi connectivity index (χ1n) is 6.17. The Hall–Kier alpha value is -1.49. The molecule has 0 heterocycles. The number of carboxylic acid groups (broad SMARTS) is 1. The number of amides is 1. The number of thioether (sulfide) groups is 1. The van der Waals surface area contributed by atoms with Crippen LogP contribution in [0.4, 0.5) is 0 Å². The molecule has 0 aromatic heterocycles. The molecule has 0 fully saturated rings. The van der Waals surface area contributed by atoms with Gasteiger partial charge in [-0.25, -0.2) is 0 Å². The smallest absolute Gasteiger partial charge is 0.322 e. The number of hydrogen-bond acceptors (Lipinski definition) is 3. The fourth-order valence-electron chi connectivity index (χ4n) is 1.64. The SMILES string of the molecule is Cc1ccc(SCCCC(=O)NCC(=O)O)c(C)c1. The van der Waals surface area contributed by atoms with Gasteiger partial charge in [0.1, 0.15) is 6.54 Å². The van der Waals surface area contributed by atoms with Gasteiger partial charge in [-0.2, -0.15) is 0 Å². The second-order valence-corrected chi connectivity index (χ2v) is 5.53. The van der Waals surface area contributed by atoms with Gasteiger partial charge in [0.25, 0.3) is 0 Å². The lowest BCUT2D eigenvalue weighted by atomic mass is 10.2. The quantitative estimate of drug-likeness (QED) is 0.595. The predicted molar refractivity (Wildman–Crippen MR) is 76.5 cm³/mol. The van der Waals surface area contributed by atoms with E-state index in [9.17, 15) is 9.59 Å². The molecule has 0 saturated carbocycles. The van der Waals surface area contributed by atoms with E-state index < -0.39 is 5.97 Å². The number of carboxylic acids is 1. The molecular formula is C14H19NO3S. The van der Waals surface area contributed by atoms with Crippen LogP contribution in [0.3, 0.4) is 0 Å². The molecule has 1 rings (SSSR count). The average molecular weight is 281 g/mol. The third kappa shape index (κ3) is 6.29. The van der Waals surface area contributed by atoms with Gasteiger partial charge >= 0.3 is 5.97 Å². The Morgan fingerprint density at radius 1 is 1.32 bits per heavy atom. The predicted octanol–water partition coefficient (Wildman–Crippen LogP) is 2.38. The van der Waals surface area contributed by atoms with Crippen LogP contribution in [0.5, 0.6) is 0 Å². The van der Waals surface area contributed by atoms with E-state index >= 15 is 0 Å². The van der Waals surface area contributed by atoms with Crippen LogP contribution >= 0.6 is 11.8 Å². The van der Waals surface area contributed by atoms with Crippen molar-refractivity contribution in [2.24, 2.45) is 0 Å². The van der Waals surface area contributed by atoms with Gasteiger partial charge in [-0.05, 0) is 37.7 Å². The van der Waals surface area contributed by atoms with Gasteiger partial charge in [0.05, 0.1) is 0 Å². The Morgan fingerprint density at radius 3 is 2.68 bits per heavy atom. The summed E-state index contributed by atoms with van der Waals surface area (Å²) >= 11 is 1.73. The molecule has 0 aliphatic carbocycles. The fourth-order valence-corrected chi connectivity index (χ4v) is 2.60. The van der Waals surface area contributed by atoms with Crippen molar-refractivity contribution in [1.82, 2.24) is 5.32 Å². The molecule has 0 radical (unpaired) electrons. The summed E-state index contributed by atoms with van der Waals surface area (Å²) in [7, 11) is 0. The third-order valence-electron chi connectivity index (χ3n) is 2.57. The minimum Gasteiger partial charge on any atom is -0.480 e. The van der Waals surface area contributed by atoms with Crippen LogP contribution in [-0.4, -0.2) is 29.3 Å². The number of carbonyl (C=O) groups is 2. The lowest BCUT2D eigenvalue weighted by Gasteiger charge is -2.06. The van der Waals surface area contributed by atoms with Crippen molar-refractivity contribution >= 4 is 23.6 Å². The monoisotopic (exact) mass is 281 g/mol. The highest BCUT2D eigenvalue weighted by Crippen LogP contribution is 2.23. The van der Waals surface area contributed by atoms with Crippen LogP contribution in [0.2, 0.25) is 0 Å². The van der Waals surface area contributed by atoms with E-state index in [2.05, 4.69) is 37.4 Å². The van der Waals surface area contributed by atoms with Gasteiger partial charge in [0, 0.05) is 11.3 Å². The van der Waals surface area contributed by atoms with E-state index in [0.717, 1.165) is 12.2 Å². The molecule has 5 heteroatoms. The minimum absolute atomic E-state index is 0.205. The number of benzene rings is 1. The van der Waals surface area contributed by atoms with Gasteiger partial charge in [-0.15, -0.1) is 11.8 Å². The van der Waals surface area contributed by atoms with Crippen molar-refractivity contribution in [3.63, 3.8) is 0 Å². The molecule has 1 aromatic rings. The number of hydrogen-bond donors (Lipinski definition) is 2. The molecule has 4 nitrogen and oxygen atoms in total. The fraction of sp³-hybridized carbons (Fsp3) is 0.429. The lowest BCUT2D eigenvalue weighted by Crippen LogP contribution is -2.28. The zero-order valence-electron chi connectivity index (χ0n) is 11.2. The highest BCUT2D eigenvalue weighted by Gasteiger charge is 2.04. The van der Waals surface area contributed by atoms with E-state index in [-0.39, 0.29) is 12.5 Å². The van der Waals surface area contributed by atoms with E-state index in [1.165, 1.54) is 16.0 Å². The normalized spacial score (nSPS) is 10.2.